The zero-order valence-corrected chi connectivity index (χ0v) is 19.1. The van der Waals surface area contributed by atoms with Gasteiger partial charge in [-0.1, -0.05) is 6.92 Å². The maximum atomic E-state index is 5.68. The Morgan fingerprint density at radius 1 is 1.32 bits per heavy atom. The summed E-state index contributed by atoms with van der Waals surface area (Å²) in [5, 5.41) is 3.13. The maximum absolute atomic E-state index is 5.68. The number of methoxy groups -OCH3 is 2. The first-order valence-corrected chi connectivity index (χ1v) is 10.5. The molecule has 164 valence electrons. The van der Waals surface area contributed by atoms with Gasteiger partial charge in [0.15, 0.2) is 23.0 Å². The Bertz CT molecular complexity index is 1120. The predicted molar refractivity (Wildman–Crippen MR) is 128 cm³/mol. The minimum absolute atomic E-state index is 0.587. The molecule has 3 aromatic rings. The molecule has 3 rings (SSSR count). The molecule has 0 amide bonds. The molecular formula is C21H27N7O2S. The number of aryl methyl sites for hydroxylation is 1. The quantitative estimate of drug-likeness (QED) is 0.341. The number of ether oxygens (including phenoxy) is 2. The minimum atomic E-state index is 0.587. The molecule has 10 heteroatoms. The molecule has 9 nitrogen and oxygen atoms in total. The Morgan fingerprint density at radius 2 is 2.13 bits per heavy atom. The number of aliphatic imine (C=N–C) groups is 1. The molecule has 0 atom stereocenters. The number of nitrogens with two attached hydrogens (primary N) is 1. The van der Waals surface area contributed by atoms with Gasteiger partial charge in [-0.05, 0) is 30.5 Å². The molecule has 0 radical (unpaired) electrons. The largest absolute Gasteiger partial charge is 0.493 e. The van der Waals surface area contributed by atoms with E-state index >= 15 is 0 Å². The fourth-order valence-corrected chi connectivity index (χ4v) is 3.73. The van der Waals surface area contributed by atoms with Crippen molar-refractivity contribution < 1.29 is 9.47 Å². The third kappa shape index (κ3) is 4.53. The molecular weight excluding hydrogens is 414 g/mol. The van der Waals surface area contributed by atoms with Crippen LogP contribution in [0.2, 0.25) is 0 Å². The molecule has 0 aliphatic carbocycles. The van der Waals surface area contributed by atoms with Crippen LogP contribution >= 0.6 is 11.9 Å². The second-order valence-corrected chi connectivity index (χ2v) is 7.32. The summed E-state index contributed by atoms with van der Waals surface area (Å²) in [4.78, 5) is 14.0. The van der Waals surface area contributed by atoms with Crippen LogP contribution in [-0.4, -0.2) is 48.9 Å². The Labute approximate surface area is 185 Å². The monoisotopic (exact) mass is 441 g/mol. The van der Waals surface area contributed by atoms with E-state index in [0.717, 1.165) is 45.4 Å². The van der Waals surface area contributed by atoms with Crippen LogP contribution in [0.4, 0.5) is 11.5 Å². The van der Waals surface area contributed by atoms with Crippen LogP contribution in [0.25, 0.3) is 16.9 Å². The Morgan fingerprint density at radius 3 is 2.74 bits per heavy atom. The van der Waals surface area contributed by atoms with E-state index < -0.39 is 0 Å². The van der Waals surface area contributed by atoms with Crippen molar-refractivity contribution in [1.29, 1.82) is 0 Å². The molecule has 0 saturated heterocycles. The minimum Gasteiger partial charge on any atom is -0.493 e. The molecule has 4 N–H and O–H groups in total. The standard InChI is InChI=1S/C21H27N7O2S/c1-6-14-12-28-17(11-25-21(28)20(24-3)26-14)13-7-16(19(30-5)18(8-13)29-4)27-31-15(9-22)10-23-2/h7-12,27H,6,22H2,1-5H3,(H,24,26)/b15-9+,23-10?. The highest BCUT2D eigenvalue weighted by molar-refractivity contribution is 8.05. The molecule has 0 aliphatic rings. The van der Waals surface area contributed by atoms with Gasteiger partial charge in [0.2, 0.25) is 0 Å². The van der Waals surface area contributed by atoms with E-state index in [-0.39, 0.29) is 0 Å². The second kappa shape index (κ2) is 10.1. The Balaban J connectivity index is 2.13. The molecule has 0 aliphatic heterocycles. The first-order valence-electron chi connectivity index (χ1n) is 9.68. The van der Waals surface area contributed by atoms with E-state index in [4.69, 9.17) is 15.2 Å². The number of allylic oxidation sites excluding steroid dienone is 1. The lowest BCUT2D eigenvalue weighted by atomic mass is 10.1. The summed E-state index contributed by atoms with van der Waals surface area (Å²) < 4.78 is 16.5. The molecule has 31 heavy (non-hydrogen) atoms. The summed E-state index contributed by atoms with van der Waals surface area (Å²) in [7, 11) is 6.75. The summed E-state index contributed by atoms with van der Waals surface area (Å²) in [5.41, 5.74) is 9.94. The van der Waals surface area contributed by atoms with E-state index in [0.29, 0.717) is 11.5 Å². The van der Waals surface area contributed by atoms with Crippen molar-refractivity contribution in [3.05, 3.63) is 41.3 Å². The highest BCUT2D eigenvalue weighted by Crippen LogP contribution is 2.41. The molecule has 0 fully saturated rings. The van der Waals surface area contributed by atoms with Gasteiger partial charge in [0.1, 0.15) is 0 Å². The van der Waals surface area contributed by atoms with E-state index in [2.05, 4.69) is 31.9 Å². The topological polar surface area (TPSA) is 111 Å². The first kappa shape index (κ1) is 22.3. The summed E-state index contributed by atoms with van der Waals surface area (Å²) in [6, 6.07) is 3.91. The number of anilines is 2. The lowest BCUT2D eigenvalue weighted by Crippen LogP contribution is -2.03. The Kier molecular flexibility index (Phi) is 7.24. The smallest absolute Gasteiger partial charge is 0.184 e. The third-order valence-electron chi connectivity index (χ3n) is 4.62. The number of benzene rings is 1. The van der Waals surface area contributed by atoms with Crippen molar-refractivity contribution in [2.75, 3.05) is 38.4 Å². The van der Waals surface area contributed by atoms with Gasteiger partial charge in [0, 0.05) is 38.3 Å². The van der Waals surface area contributed by atoms with Crippen molar-refractivity contribution in [3.8, 4) is 22.8 Å². The van der Waals surface area contributed by atoms with Gasteiger partial charge >= 0.3 is 0 Å². The molecule has 0 saturated carbocycles. The summed E-state index contributed by atoms with van der Waals surface area (Å²) >= 11 is 1.33. The molecule has 0 unspecified atom stereocenters. The number of rotatable bonds is 9. The van der Waals surface area contributed by atoms with Crippen molar-refractivity contribution >= 4 is 35.3 Å². The average Bonchev–Trinajstić information content (AvgIpc) is 3.24. The molecule has 1 aromatic carbocycles. The first-order chi connectivity index (χ1) is 15.1. The number of nitrogens with zero attached hydrogens (tertiary/aromatic N) is 4. The van der Waals surface area contributed by atoms with E-state index in [1.54, 1.807) is 27.5 Å². The Hall–Kier alpha value is -3.40. The van der Waals surface area contributed by atoms with Gasteiger partial charge in [-0.2, -0.15) is 0 Å². The van der Waals surface area contributed by atoms with Crippen LogP contribution in [-0.2, 0) is 6.42 Å². The predicted octanol–water partition coefficient (Wildman–Crippen LogP) is 3.58. The molecule has 2 heterocycles. The van der Waals surface area contributed by atoms with Crippen molar-refractivity contribution in [1.82, 2.24) is 14.4 Å². The average molecular weight is 442 g/mol. The number of nitrogens with one attached hydrogen (secondary N) is 2. The highest BCUT2D eigenvalue weighted by Gasteiger charge is 2.17. The van der Waals surface area contributed by atoms with Crippen LogP contribution in [0.3, 0.4) is 0 Å². The molecule has 2 aromatic heterocycles. The fraction of sp³-hybridized carbons (Fsp3) is 0.286. The van der Waals surface area contributed by atoms with Crippen LogP contribution in [0.15, 0.2) is 40.6 Å². The van der Waals surface area contributed by atoms with Gasteiger partial charge in [-0.15, -0.1) is 0 Å². The number of hydrogen-bond acceptors (Lipinski definition) is 9. The zero-order valence-electron chi connectivity index (χ0n) is 18.3. The fourth-order valence-electron chi connectivity index (χ4n) is 3.12. The SMILES string of the molecule is CCc1cn2c(-c3cc(NS/C(C=NC)=C/N)c(OC)c(OC)c3)cnc2c(NC)n1. The third-order valence-corrected chi connectivity index (χ3v) is 5.41. The number of aromatic nitrogens is 3. The van der Waals surface area contributed by atoms with E-state index in [1.807, 2.05) is 36.0 Å². The van der Waals surface area contributed by atoms with E-state index in [9.17, 15) is 0 Å². The second-order valence-electron chi connectivity index (χ2n) is 6.44. The number of imidazole rings is 1. The van der Waals surface area contributed by atoms with Gasteiger partial charge in [0.05, 0.1) is 42.4 Å². The van der Waals surface area contributed by atoms with Gasteiger partial charge in [-0.3, -0.25) is 9.39 Å². The summed E-state index contributed by atoms with van der Waals surface area (Å²) in [6.45, 7) is 2.07. The van der Waals surface area contributed by atoms with Crippen molar-refractivity contribution in [2.24, 2.45) is 10.7 Å². The van der Waals surface area contributed by atoms with Gasteiger partial charge < -0.3 is 25.2 Å². The van der Waals surface area contributed by atoms with Crippen LogP contribution in [0.1, 0.15) is 12.6 Å². The van der Waals surface area contributed by atoms with Gasteiger partial charge in [0.25, 0.3) is 0 Å². The zero-order chi connectivity index (χ0) is 22.4. The number of hydrogen-bond donors (Lipinski definition) is 3. The van der Waals surface area contributed by atoms with E-state index in [1.165, 1.54) is 18.1 Å². The van der Waals surface area contributed by atoms with Crippen molar-refractivity contribution in [3.63, 3.8) is 0 Å². The van der Waals surface area contributed by atoms with Gasteiger partial charge in [-0.25, -0.2) is 9.97 Å². The summed E-state index contributed by atoms with van der Waals surface area (Å²) in [5.74, 6) is 1.92. The molecule has 0 spiro atoms. The highest BCUT2D eigenvalue weighted by atomic mass is 32.2. The normalized spacial score (nSPS) is 11.8. The maximum Gasteiger partial charge on any atom is 0.184 e. The lowest BCUT2D eigenvalue weighted by molar-refractivity contribution is 0.356. The van der Waals surface area contributed by atoms with Crippen LogP contribution in [0.5, 0.6) is 11.5 Å². The number of fused-ring (bicyclic) bond motifs is 1. The van der Waals surface area contributed by atoms with Crippen LogP contribution in [0, 0.1) is 0 Å². The van der Waals surface area contributed by atoms with Crippen LogP contribution < -0.4 is 25.2 Å². The van der Waals surface area contributed by atoms with Crippen molar-refractivity contribution in [2.45, 2.75) is 13.3 Å². The summed E-state index contributed by atoms with van der Waals surface area (Å²) in [6.07, 6.45) is 7.80. The molecule has 0 bridgehead atoms. The lowest BCUT2D eigenvalue weighted by Gasteiger charge is -2.16.